The molecule has 13 heavy (non-hydrogen) atoms. The van der Waals surface area contributed by atoms with Crippen molar-refractivity contribution in [2.45, 2.75) is 12.5 Å². The van der Waals surface area contributed by atoms with E-state index in [9.17, 15) is 9.59 Å². The zero-order valence-corrected chi connectivity index (χ0v) is 8.52. The first-order chi connectivity index (χ1) is 6.11. The Kier molecular flexibility index (Phi) is 6.13. The van der Waals surface area contributed by atoms with Crippen LogP contribution >= 0.6 is 11.8 Å². The summed E-state index contributed by atoms with van der Waals surface area (Å²) >= 11 is 1.58. The molecule has 0 aromatic carbocycles. The van der Waals surface area contributed by atoms with E-state index in [0.717, 1.165) is 5.75 Å². The second-order valence-corrected chi connectivity index (χ2v) is 3.36. The molecule has 0 aliphatic heterocycles. The van der Waals surface area contributed by atoms with Crippen molar-refractivity contribution in [3.63, 3.8) is 0 Å². The second kappa shape index (κ2) is 6.59. The zero-order valence-electron chi connectivity index (χ0n) is 7.70. The van der Waals surface area contributed by atoms with Crippen molar-refractivity contribution in [3.8, 4) is 0 Å². The average molecular weight is 206 g/mol. The normalized spacial score (nSPS) is 11.8. The molecule has 0 unspecified atom stereocenters. The minimum Gasteiger partial charge on any atom is -0.453 e. The number of carbonyl (C=O) groups excluding carboxylic acids is 2. The van der Waals surface area contributed by atoms with Gasteiger partial charge in [-0.1, -0.05) is 0 Å². The van der Waals surface area contributed by atoms with Crippen molar-refractivity contribution >= 4 is 23.8 Å². The van der Waals surface area contributed by atoms with Crippen molar-refractivity contribution in [1.29, 1.82) is 0 Å². The lowest BCUT2D eigenvalue weighted by molar-refractivity contribution is -0.119. The molecule has 6 heteroatoms. The molecule has 0 bridgehead atoms. The van der Waals surface area contributed by atoms with E-state index >= 15 is 0 Å². The van der Waals surface area contributed by atoms with Gasteiger partial charge in [0, 0.05) is 0 Å². The van der Waals surface area contributed by atoms with Gasteiger partial charge in [-0.25, -0.2) is 4.79 Å². The smallest absolute Gasteiger partial charge is 0.407 e. The number of hydrogen-bond acceptors (Lipinski definition) is 4. The first-order valence-corrected chi connectivity index (χ1v) is 5.14. The molecule has 0 heterocycles. The van der Waals surface area contributed by atoms with E-state index in [4.69, 9.17) is 5.73 Å². The van der Waals surface area contributed by atoms with Crippen LogP contribution in [0.1, 0.15) is 6.42 Å². The summed E-state index contributed by atoms with van der Waals surface area (Å²) in [6, 6.07) is -0.639. The van der Waals surface area contributed by atoms with Crippen LogP contribution in [0.3, 0.4) is 0 Å². The first kappa shape index (κ1) is 12.1. The highest BCUT2D eigenvalue weighted by atomic mass is 32.2. The van der Waals surface area contributed by atoms with Crippen molar-refractivity contribution < 1.29 is 14.3 Å². The van der Waals surface area contributed by atoms with E-state index in [1.54, 1.807) is 11.8 Å². The molecule has 1 atom stereocenters. The van der Waals surface area contributed by atoms with E-state index < -0.39 is 18.0 Å². The molecule has 0 fully saturated rings. The molecule has 0 aliphatic rings. The van der Waals surface area contributed by atoms with Crippen LogP contribution in [0.5, 0.6) is 0 Å². The molecule has 2 amide bonds. The van der Waals surface area contributed by atoms with Crippen molar-refractivity contribution in [2.24, 2.45) is 5.73 Å². The Balaban J connectivity index is 3.94. The molecule has 0 saturated carbocycles. The number of amides is 2. The van der Waals surface area contributed by atoms with Gasteiger partial charge in [0.25, 0.3) is 0 Å². The summed E-state index contributed by atoms with van der Waals surface area (Å²) in [5.74, 6) is 0.219. The molecule has 0 aliphatic carbocycles. The molecule has 5 nitrogen and oxygen atoms in total. The number of ether oxygens (including phenoxy) is 1. The Hall–Kier alpha value is -0.910. The minimum absolute atomic E-state index is 0.519. The predicted octanol–water partition coefficient (Wildman–Crippen LogP) is -0.0506. The van der Waals surface area contributed by atoms with Gasteiger partial charge in [-0.3, -0.25) is 4.79 Å². The molecule has 0 spiro atoms. The number of nitrogens with one attached hydrogen (secondary N) is 1. The summed E-state index contributed by atoms with van der Waals surface area (Å²) in [6.07, 6.45) is 1.80. The fourth-order valence-corrected chi connectivity index (χ4v) is 1.19. The standard InChI is InChI=1S/C7H14N2O3S/c1-12-7(11)9-5(6(8)10)3-4-13-2/h5H,3-4H2,1-2H3,(H2,8,10)(H,9,11)/t5-/m0/s1. The molecule has 76 valence electrons. The Morgan fingerprint density at radius 3 is 2.62 bits per heavy atom. The maximum atomic E-state index is 10.8. The van der Waals surface area contributed by atoms with Gasteiger partial charge in [0.05, 0.1) is 7.11 Å². The summed E-state index contributed by atoms with van der Waals surface area (Å²) in [5, 5.41) is 2.35. The van der Waals surface area contributed by atoms with E-state index in [-0.39, 0.29) is 0 Å². The highest BCUT2D eigenvalue weighted by Gasteiger charge is 2.17. The Morgan fingerprint density at radius 2 is 2.23 bits per heavy atom. The number of nitrogens with two attached hydrogens (primary N) is 1. The maximum Gasteiger partial charge on any atom is 0.407 e. The van der Waals surface area contributed by atoms with Crippen LogP contribution in [0, 0.1) is 0 Å². The molecule has 0 aromatic rings. The zero-order chi connectivity index (χ0) is 10.3. The van der Waals surface area contributed by atoms with Gasteiger partial charge >= 0.3 is 6.09 Å². The number of thioether (sulfide) groups is 1. The molecule has 3 N–H and O–H groups in total. The fraction of sp³-hybridized carbons (Fsp3) is 0.714. The van der Waals surface area contributed by atoms with Gasteiger partial charge in [0.15, 0.2) is 0 Å². The van der Waals surface area contributed by atoms with Crippen LogP contribution in [0.2, 0.25) is 0 Å². The maximum absolute atomic E-state index is 10.8. The van der Waals surface area contributed by atoms with Gasteiger partial charge in [-0.15, -0.1) is 0 Å². The van der Waals surface area contributed by atoms with Crippen LogP contribution < -0.4 is 11.1 Å². The van der Waals surface area contributed by atoms with Crippen molar-refractivity contribution in [1.82, 2.24) is 5.32 Å². The van der Waals surface area contributed by atoms with E-state index in [1.165, 1.54) is 7.11 Å². The van der Waals surface area contributed by atoms with Crippen molar-refractivity contribution in [3.05, 3.63) is 0 Å². The third-order valence-electron chi connectivity index (χ3n) is 1.43. The van der Waals surface area contributed by atoms with Gasteiger partial charge in [0.1, 0.15) is 6.04 Å². The number of methoxy groups -OCH3 is 1. The molecule has 0 radical (unpaired) electrons. The Bertz CT molecular complexity index is 187. The van der Waals surface area contributed by atoms with Gasteiger partial charge in [0.2, 0.25) is 5.91 Å². The lowest BCUT2D eigenvalue weighted by Crippen LogP contribution is -2.44. The number of rotatable bonds is 5. The fourth-order valence-electron chi connectivity index (χ4n) is 0.722. The van der Waals surface area contributed by atoms with Gasteiger partial charge in [-0.05, 0) is 18.4 Å². The quantitative estimate of drug-likeness (QED) is 0.660. The summed E-state index contributed by atoms with van der Waals surface area (Å²) in [7, 11) is 1.24. The largest absolute Gasteiger partial charge is 0.453 e. The van der Waals surface area contributed by atoms with E-state index in [2.05, 4.69) is 10.1 Å². The second-order valence-electron chi connectivity index (χ2n) is 2.37. The molecular formula is C7H14N2O3S. The number of hydrogen-bond donors (Lipinski definition) is 2. The van der Waals surface area contributed by atoms with Crippen LogP contribution in [0.4, 0.5) is 4.79 Å². The predicted molar refractivity (Wildman–Crippen MR) is 51.5 cm³/mol. The molecule has 0 aromatic heterocycles. The average Bonchev–Trinajstić information content (AvgIpc) is 2.11. The molecule has 0 saturated heterocycles. The van der Waals surface area contributed by atoms with Crippen LogP contribution in [0.15, 0.2) is 0 Å². The minimum atomic E-state index is -0.639. The van der Waals surface area contributed by atoms with Gasteiger partial charge in [-0.2, -0.15) is 11.8 Å². The topological polar surface area (TPSA) is 81.4 Å². The Labute approximate surface area is 81.4 Å². The highest BCUT2D eigenvalue weighted by molar-refractivity contribution is 7.98. The number of primary amides is 1. The van der Waals surface area contributed by atoms with Crippen LogP contribution in [-0.4, -0.2) is 37.2 Å². The highest BCUT2D eigenvalue weighted by Crippen LogP contribution is 2.00. The third-order valence-corrected chi connectivity index (χ3v) is 2.08. The summed E-state index contributed by atoms with van der Waals surface area (Å²) in [4.78, 5) is 21.5. The van der Waals surface area contributed by atoms with Crippen LogP contribution in [-0.2, 0) is 9.53 Å². The Morgan fingerprint density at radius 1 is 1.62 bits per heavy atom. The molecule has 0 rings (SSSR count). The SMILES string of the molecule is COC(=O)N[C@@H](CCSC)C(N)=O. The van der Waals surface area contributed by atoms with Crippen molar-refractivity contribution in [2.75, 3.05) is 19.1 Å². The summed E-state index contributed by atoms with van der Waals surface area (Å²) < 4.78 is 4.35. The van der Waals surface area contributed by atoms with Gasteiger partial charge < -0.3 is 15.8 Å². The third kappa shape index (κ3) is 5.35. The van der Waals surface area contributed by atoms with E-state index in [0.29, 0.717) is 6.42 Å². The monoisotopic (exact) mass is 206 g/mol. The molecular weight excluding hydrogens is 192 g/mol. The van der Waals surface area contributed by atoms with E-state index in [1.807, 2.05) is 6.26 Å². The lowest BCUT2D eigenvalue weighted by atomic mass is 10.2. The lowest BCUT2D eigenvalue weighted by Gasteiger charge is -2.13. The number of carbonyl (C=O) groups is 2. The first-order valence-electron chi connectivity index (χ1n) is 3.74. The van der Waals surface area contributed by atoms with Crippen LogP contribution in [0.25, 0.3) is 0 Å². The summed E-state index contributed by atoms with van der Waals surface area (Å²) in [6.45, 7) is 0. The summed E-state index contributed by atoms with van der Waals surface area (Å²) in [5.41, 5.74) is 5.06. The number of alkyl carbamates (subject to hydrolysis) is 1.